The molecule has 0 aliphatic heterocycles. The minimum absolute atomic E-state index is 0.0607. The van der Waals surface area contributed by atoms with Crippen LogP contribution in [0.1, 0.15) is 32.3 Å². The molecule has 2 aliphatic rings. The third kappa shape index (κ3) is 2.58. The lowest BCUT2D eigenvalue weighted by Gasteiger charge is -2.34. The molecule has 2 atom stereocenters. The number of ketones is 1. The SMILES string of the molecule is COc1ccc(C=C2C(=O)C3(CS(=O)(=O)Cl)CCC2C3(C)C)cc1. The molecule has 0 radical (unpaired) electrons. The highest BCUT2D eigenvalue weighted by atomic mass is 35.7. The van der Waals surface area contributed by atoms with Crippen LogP contribution >= 0.6 is 10.7 Å². The van der Waals surface area contributed by atoms with Gasteiger partial charge in [-0.25, -0.2) is 8.42 Å². The molecule has 0 amide bonds. The number of rotatable bonds is 4. The zero-order valence-corrected chi connectivity index (χ0v) is 15.6. The summed E-state index contributed by atoms with van der Waals surface area (Å²) in [5.41, 5.74) is 0.309. The van der Waals surface area contributed by atoms with Crippen LogP contribution in [0.3, 0.4) is 0 Å². The lowest BCUT2D eigenvalue weighted by Crippen LogP contribution is -2.41. The standard InChI is InChI=1S/C18H21ClO4S/c1-17(2)15-8-9-18(17,11-24(19,21)22)16(20)14(15)10-12-4-6-13(23-3)7-5-12/h4-7,10,15H,8-9,11H2,1-3H3. The summed E-state index contributed by atoms with van der Waals surface area (Å²) >= 11 is 0. The normalized spacial score (nSPS) is 30.1. The van der Waals surface area contributed by atoms with Crippen LogP contribution in [-0.4, -0.2) is 27.1 Å². The molecule has 130 valence electrons. The summed E-state index contributed by atoms with van der Waals surface area (Å²) in [4.78, 5) is 13.1. The van der Waals surface area contributed by atoms with Gasteiger partial charge in [0.25, 0.3) is 0 Å². The first kappa shape index (κ1) is 17.5. The maximum Gasteiger partial charge on any atom is 0.233 e. The third-order valence-electron chi connectivity index (χ3n) is 5.89. The smallest absolute Gasteiger partial charge is 0.233 e. The molecule has 2 saturated carbocycles. The Morgan fingerprint density at radius 3 is 2.46 bits per heavy atom. The quantitative estimate of drug-likeness (QED) is 0.601. The lowest BCUT2D eigenvalue weighted by molar-refractivity contribution is -0.125. The second-order valence-electron chi connectivity index (χ2n) is 7.28. The molecule has 4 nitrogen and oxygen atoms in total. The number of carbonyl (C=O) groups is 1. The number of halogens is 1. The first-order valence-electron chi connectivity index (χ1n) is 7.93. The highest BCUT2D eigenvalue weighted by molar-refractivity contribution is 8.13. The summed E-state index contributed by atoms with van der Waals surface area (Å²) in [6, 6.07) is 7.47. The van der Waals surface area contributed by atoms with Crippen LogP contribution in [0, 0.1) is 16.7 Å². The molecule has 0 spiro atoms. The summed E-state index contributed by atoms with van der Waals surface area (Å²) in [6.07, 6.45) is 3.28. The number of carbonyl (C=O) groups excluding carboxylic acids is 1. The average molecular weight is 369 g/mol. The van der Waals surface area contributed by atoms with Gasteiger partial charge < -0.3 is 4.74 Å². The van der Waals surface area contributed by atoms with Crippen molar-refractivity contribution in [1.82, 2.24) is 0 Å². The molecule has 3 rings (SSSR count). The first-order chi connectivity index (χ1) is 11.1. The van der Waals surface area contributed by atoms with Gasteiger partial charge in [-0.1, -0.05) is 26.0 Å². The van der Waals surface area contributed by atoms with Crippen LogP contribution < -0.4 is 4.74 Å². The second-order valence-corrected chi connectivity index (χ2v) is 10.1. The van der Waals surface area contributed by atoms with Gasteiger partial charge in [-0.05, 0) is 47.9 Å². The van der Waals surface area contributed by atoms with E-state index in [0.717, 1.165) is 23.3 Å². The number of benzene rings is 1. The van der Waals surface area contributed by atoms with Crippen molar-refractivity contribution in [2.75, 3.05) is 12.9 Å². The Morgan fingerprint density at radius 1 is 1.29 bits per heavy atom. The maximum atomic E-state index is 13.1. The zero-order valence-electron chi connectivity index (χ0n) is 14.0. The number of methoxy groups -OCH3 is 1. The second kappa shape index (κ2) is 5.60. The van der Waals surface area contributed by atoms with Gasteiger partial charge in [-0.2, -0.15) is 0 Å². The number of hydrogen-bond donors (Lipinski definition) is 0. The highest BCUT2D eigenvalue weighted by Gasteiger charge is 2.67. The molecule has 0 aromatic heterocycles. The van der Waals surface area contributed by atoms with E-state index in [0.29, 0.717) is 6.42 Å². The number of fused-ring (bicyclic) bond motifs is 2. The van der Waals surface area contributed by atoms with Crippen molar-refractivity contribution >= 4 is 31.6 Å². The minimum Gasteiger partial charge on any atom is -0.497 e. The number of Topliss-reactive ketones (excluding diaryl/α,β-unsaturated/α-hetero) is 1. The van der Waals surface area contributed by atoms with Gasteiger partial charge >= 0.3 is 0 Å². The summed E-state index contributed by atoms with van der Waals surface area (Å²) in [5, 5.41) is 0. The Kier molecular flexibility index (Phi) is 4.08. The molecule has 2 bridgehead atoms. The van der Waals surface area contributed by atoms with E-state index in [2.05, 4.69) is 0 Å². The van der Waals surface area contributed by atoms with Gasteiger partial charge in [0, 0.05) is 16.3 Å². The first-order valence-corrected chi connectivity index (χ1v) is 10.4. The monoisotopic (exact) mass is 368 g/mol. The number of hydrogen-bond acceptors (Lipinski definition) is 4. The minimum atomic E-state index is -3.75. The van der Waals surface area contributed by atoms with Gasteiger partial charge in [-0.15, -0.1) is 0 Å². The van der Waals surface area contributed by atoms with Gasteiger partial charge in [-0.3, -0.25) is 4.79 Å². The van der Waals surface area contributed by atoms with Crippen LogP contribution in [0.4, 0.5) is 0 Å². The van der Waals surface area contributed by atoms with Crippen molar-refractivity contribution < 1.29 is 17.9 Å². The fourth-order valence-corrected chi connectivity index (χ4v) is 6.25. The fraction of sp³-hybridized carbons (Fsp3) is 0.500. The van der Waals surface area contributed by atoms with Gasteiger partial charge in [0.1, 0.15) is 5.75 Å². The van der Waals surface area contributed by atoms with E-state index < -0.39 is 19.9 Å². The van der Waals surface area contributed by atoms with Crippen molar-refractivity contribution in [3.63, 3.8) is 0 Å². The van der Waals surface area contributed by atoms with E-state index in [1.807, 2.05) is 44.2 Å². The van der Waals surface area contributed by atoms with E-state index in [-0.39, 0.29) is 17.5 Å². The molecule has 24 heavy (non-hydrogen) atoms. The predicted molar refractivity (Wildman–Crippen MR) is 94.6 cm³/mol. The van der Waals surface area contributed by atoms with E-state index in [1.165, 1.54) is 0 Å². The van der Waals surface area contributed by atoms with Crippen molar-refractivity contribution in [2.24, 2.45) is 16.7 Å². The van der Waals surface area contributed by atoms with Gasteiger partial charge in [0.05, 0.1) is 18.3 Å². The average Bonchev–Trinajstić information content (AvgIpc) is 2.81. The summed E-state index contributed by atoms with van der Waals surface area (Å²) < 4.78 is 28.6. The van der Waals surface area contributed by atoms with E-state index >= 15 is 0 Å². The Hall–Kier alpha value is -1.33. The third-order valence-corrected chi connectivity index (χ3v) is 7.06. The van der Waals surface area contributed by atoms with Crippen molar-refractivity contribution in [3.05, 3.63) is 35.4 Å². The molecule has 0 N–H and O–H groups in total. The largest absolute Gasteiger partial charge is 0.497 e. The molecular formula is C18H21ClO4S. The Bertz CT molecular complexity index is 808. The number of ether oxygens (including phenoxy) is 1. The van der Waals surface area contributed by atoms with Crippen LogP contribution in [0.5, 0.6) is 5.75 Å². The fourth-order valence-electron chi connectivity index (χ4n) is 4.46. The molecule has 2 fully saturated rings. The molecule has 2 aliphatic carbocycles. The Labute approximate surface area is 147 Å². The van der Waals surface area contributed by atoms with Crippen LogP contribution in [0.15, 0.2) is 29.8 Å². The lowest BCUT2D eigenvalue weighted by atomic mass is 9.70. The van der Waals surface area contributed by atoms with E-state index in [1.54, 1.807) is 7.11 Å². The van der Waals surface area contributed by atoms with E-state index in [9.17, 15) is 13.2 Å². The molecule has 1 aromatic carbocycles. The zero-order chi connectivity index (χ0) is 17.8. The molecule has 0 heterocycles. The van der Waals surface area contributed by atoms with Crippen molar-refractivity contribution in [2.45, 2.75) is 26.7 Å². The van der Waals surface area contributed by atoms with Crippen LogP contribution in [0.2, 0.25) is 0 Å². The molecule has 2 unspecified atom stereocenters. The van der Waals surface area contributed by atoms with Gasteiger partial charge in [0.15, 0.2) is 5.78 Å². The topological polar surface area (TPSA) is 60.4 Å². The highest BCUT2D eigenvalue weighted by Crippen LogP contribution is 2.66. The molecule has 6 heteroatoms. The van der Waals surface area contributed by atoms with Crippen LogP contribution in [-0.2, 0) is 13.8 Å². The summed E-state index contributed by atoms with van der Waals surface area (Å²) in [5.74, 6) is 0.458. The molecule has 0 saturated heterocycles. The van der Waals surface area contributed by atoms with Crippen molar-refractivity contribution in [1.29, 1.82) is 0 Å². The Balaban J connectivity index is 2.03. The van der Waals surface area contributed by atoms with Gasteiger partial charge in [0.2, 0.25) is 9.05 Å². The molecule has 1 aromatic rings. The maximum absolute atomic E-state index is 13.1. The summed E-state index contributed by atoms with van der Waals surface area (Å²) in [6.45, 7) is 3.97. The Morgan fingerprint density at radius 2 is 1.92 bits per heavy atom. The molecular weight excluding hydrogens is 348 g/mol. The van der Waals surface area contributed by atoms with Crippen LogP contribution in [0.25, 0.3) is 6.08 Å². The van der Waals surface area contributed by atoms with E-state index in [4.69, 9.17) is 15.4 Å². The predicted octanol–water partition coefficient (Wildman–Crippen LogP) is 3.65. The number of allylic oxidation sites excluding steroid dienone is 1. The van der Waals surface area contributed by atoms with Crippen molar-refractivity contribution in [3.8, 4) is 5.75 Å². The summed E-state index contributed by atoms with van der Waals surface area (Å²) in [7, 11) is 3.37.